The van der Waals surface area contributed by atoms with Crippen molar-refractivity contribution in [3.63, 3.8) is 0 Å². The Morgan fingerprint density at radius 1 is 1.35 bits per heavy atom. The number of carbonyl (C=O) groups is 2. The van der Waals surface area contributed by atoms with E-state index in [0.29, 0.717) is 19.4 Å². The minimum absolute atomic E-state index is 0.0157. The minimum atomic E-state index is -0.350. The number of aryl methyl sites for hydroxylation is 1. The zero-order valence-electron chi connectivity index (χ0n) is 13.6. The van der Waals surface area contributed by atoms with Crippen LogP contribution in [0.4, 0.5) is 0 Å². The molecular weight excluding hydrogens is 294 g/mol. The summed E-state index contributed by atoms with van der Waals surface area (Å²) < 4.78 is 4.67. The fourth-order valence-corrected chi connectivity index (χ4v) is 3.24. The van der Waals surface area contributed by atoms with Gasteiger partial charge in [-0.25, -0.2) is 0 Å². The number of likely N-dealkylation sites (tertiary alicyclic amines) is 1. The molecule has 1 aliphatic heterocycles. The smallest absolute Gasteiger partial charge is 0.306 e. The Hall–Kier alpha value is -1.88. The molecule has 1 fully saturated rings. The van der Waals surface area contributed by atoms with Crippen molar-refractivity contribution in [2.75, 3.05) is 20.3 Å². The second kappa shape index (κ2) is 8.67. The number of amides is 1. The number of methoxy groups -OCH3 is 1. The third kappa shape index (κ3) is 4.79. The van der Waals surface area contributed by atoms with E-state index in [2.05, 4.69) is 16.9 Å². The third-order valence-corrected chi connectivity index (χ3v) is 4.44. The number of nitrogens with zero attached hydrogens (tertiary/aromatic N) is 1. The number of carbonyl (C=O) groups excluding carboxylic acids is 2. The molecule has 23 heavy (non-hydrogen) atoms. The molecule has 1 N–H and O–H groups in total. The molecule has 1 aliphatic rings. The number of rotatable bonds is 8. The van der Waals surface area contributed by atoms with Crippen molar-refractivity contribution in [1.29, 1.82) is 0 Å². The van der Waals surface area contributed by atoms with E-state index in [1.165, 1.54) is 12.7 Å². The predicted molar refractivity (Wildman–Crippen MR) is 86.7 cm³/mol. The van der Waals surface area contributed by atoms with Crippen LogP contribution in [0.25, 0.3) is 0 Å². The molecule has 1 amide bonds. The molecule has 0 bridgehead atoms. The molecule has 0 aliphatic carbocycles. The van der Waals surface area contributed by atoms with Gasteiger partial charge in [-0.05, 0) is 31.2 Å². The Labute approximate surface area is 137 Å². The standard InChI is InChI=1S/C18H25NO4/c1-23-17(21)13-15-12-16(9-11-20)19(18(15)22)10-5-8-14-6-3-2-4-7-14/h2-4,6-7,15-16,20H,5,8-13H2,1H3/t15-,16+/m0/s1. The normalized spacial score (nSPS) is 20.8. The first-order valence-electron chi connectivity index (χ1n) is 8.17. The lowest BCUT2D eigenvalue weighted by atomic mass is 10.0. The molecule has 0 spiro atoms. The lowest BCUT2D eigenvalue weighted by Gasteiger charge is -2.24. The van der Waals surface area contributed by atoms with E-state index in [9.17, 15) is 14.7 Å². The van der Waals surface area contributed by atoms with E-state index >= 15 is 0 Å². The Bertz CT molecular complexity index is 517. The predicted octanol–water partition coefficient (Wildman–Crippen LogP) is 1.78. The summed E-state index contributed by atoms with van der Waals surface area (Å²) in [6.07, 6.45) is 3.11. The van der Waals surface area contributed by atoms with Crippen molar-refractivity contribution in [1.82, 2.24) is 4.90 Å². The van der Waals surface area contributed by atoms with E-state index in [1.54, 1.807) is 0 Å². The highest BCUT2D eigenvalue weighted by Gasteiger charge is 2.39. The van der Waals surface area contributed by atoms with Gasteiger partial charge in [0.25, 0.3) is 0 Å². The number of aliphatic hydroxyl groups excluding tert-OH is 1. The van der Waals surface area contributed by atoms with E-state index in [1.807, 2.05) is 23.1 Å². The van der Waals surface area contributed by atoms with Gasteiger partial charge >= 0.3 is 5.97 Å². The van der Waals surface area contributed by atoms with Crippen LogP contribution in [0.2, 0.25) is 0 Å². The van der Waals surface area contributed by atoms with Gasteiger partial charge in [0.2, 0.25) is 5.91 Å². The summed E-state index contributed by atoms with van der Waals surface area (Å²) >= 11 is 0. The molecule has 0 radical (unpaired) electrons. The van der Waals surface area contributed by atoms with Crippen LogP contribution in [0.3, 0.4) is 0 Å². The highest BCUT2D eigenvalue weighted by Crippen LogP contribution is 2.29. The average molecular weight is 319 g/mol. The molecule has 5 heteroatoms. The van der Waals surface area contributed by atoms with Crippen LogP contribution in [0.5, 0.6) is 0 Å². The van der Waals surface area contributed by atoms with Gasteiger partial charge in [0, 0.05) is 19.2 Å². The molecule has 0 aromatic heterocycles. The van der Waals surface area contributed by atoms with Gasteiger partial charge in [0.1, 0.15) is 0 Å². The number of benzene rings is 1. The number of hydrogen-bond donors (Lipinski definition) is 1. The first kappa shape index (κ1) is 17.5. The van der Waals surface area contributed by atoms with Crippen LogP contribution >= 0.6 is 0 Å². The summed E-state index contributed by atoms with van der Waals surface area (Å²) in [6.45, 7) is 0.716. The highest BCUT2D eigenvalue weighted by atomic mass is 16.5. The summed E-state index contributed by atoms with van der Waals surface area (Å²) in [5.41, 5.74) is 1.25. The second-order valence-electron chi connectivity index (χ2n) is 6.00. The van der Waals surface area contributed by atoms with Gasteiger partial charge < -0.3 is 14.7 Å². The first-order chi connectivity index (χ1) is 11.2. The number of ether oxygens (including phenoxy) is 1. The third-order valence-electron chi connectivity index (χ3n) is 4.44. The molecule has 1 heterocycles. The maximum atomic E-state index is 12.5. The summed E-state index contributed by atoms with van der Waals surface area (Å²) in [5.74, 6) is -0.644. The fraction of sp³-hybridized carbons (Fsp3) is 0.556. The molecule has 0 unspecified atom stereocenters. The van der Waals surface area contributed by atoms with E-state index < -0.39 is 0 Å². The molecule has 1 aromatic rings. The van der Waals surface area contributed by atoms with Crippen molar-refractivity contribution in [2.45, 2.75) is 38.1 Å². The van der Waals surface area contributed by atoms with Gasteiger partial charge in [-0.1, -0.05) is 30.3 Å². The van der Waals surface area contributed by atoms with Crippen molar-refractivity contribution in [3.8, 4) is 0 Å². The van der Waals surface area contributed by atoms with E-state index in [0.717, 1.165) is 12.8 Å². The van der Waals surface area contributed by atoms with Crippen LogP contribution in [0.15, 0.2) is 30.3 Å². The average Bonchev–Trinajstić information content (AvgIpc) is 2.85. The monoisotopic (exact) mass is 319 g/mol. The van der Waals surface area contributed by atoms with E-state index in [-0.39, 0.29) is 36.9 Å². The Morgan fingerprint density at radius 2 is 2.09 bits per heavy atom. The zero-order valence-corrected chi connectivity index (χ0v) is 13.6. The van der Waals surface area contributed by atoms with Gasteiger partial charge in [0.05, 0.1) is 19.4 Å². The molecule has 2 atom stereocenters. The number of esters is 1. The van der Waals surface area contributed by atoms with Crippen LogP contribution < -0.4 is 0 Å². The molecule has 5 nitrogen and oxygen atoms in total. The topological polar surface area (TPSA) is 66.8 Å². The Morgan fingerprint density at radius 3 is 2.74 bits per heavy atom. The maximum Gasteiger partial charge on any atom is 0.306 e. The molecule has 1 aromatic carbocycles. The van der Waals surface area contributed by atoms with Crippen molar-refractivity contribution >= 4 is 11.9 Å². The summed E-state index contributed by atoms with van der Waals surface area (Å²) in [5, 5.41) is 9.22. The summed E-state index contributed by atoms with van der Waals surface area (Å²) in [7, 11) is 1.34. The van der Waals surface area contributed by atoms with Crippen LogP contribution in [0.1, 0.15) is 31.2 Å². The first-order valence-corrected chi connectivity index (χ1v) is 8.17. The highest BCUT2D eigenvalue weighted by molar-refractivity contribution is 5.85. The molecule has 0 saturated carbocycles. The summed E-state index contributed by atoms with van der Waals surface area (Å²) in [6, 6.07) is 10.2. The largest absolute Gasteiger partial charge is 0.469 e. The van der Waals surface area contributed by atoms with Gasteiger partial charge in [-0.2, -0.15) is 0 Å². The van der Waals surface area contributed by atoms with Gasteiger partial charge in [-0.3, -0.25) is 9.59 Å². The van der Waals surface area contributed by atoms with Crippen LogP contribution in [-0.4, -0.2) is 48.2 Å². The van der Waals surface area contributed by atoms with Gasteiger partial charge in [0.15, 0.2) is 0 Å². The van der Waals surface area contributed by atoms with Crippen LogP contribution in [0, 0.1) is 5.92 Å². The Balaban J connectivity index is 1.91. The van der Waals surface area contributed by atoms with Gasteiger partial charge in [-0.15, -0.1) is 0 Å². The zero-order chi connectivity index (χ0) is 16.7. The van der Waals surface area contributed by atoms with Crippen molar-refractivity contribution in [2.24, 2.45) is 5.92 Å². The molecule has 1 saturated heterocycles. The minimum Gasteiger partial charge on any atom is -0.469 e. The lowest BCUT2D eigenvalue weighted by Crippen LogP contribution is -2.35. The molecule has 2 rings (SSSR count). The van der Waals surface area contributed by atoms with E-state index in [4.69, 9.17) is 0 Å². The SMILES string of the molecule is COC(=O)C[C@@H]1C[C@@H](CCO)N(CCCc2ccccc2)C1=O. The maximum absolute atomic E-state index is 12.5. The second-order valence-corrected chi connectivity index (χ2v) is 6.00. The van der Waals surface area contributed by atoms with Crippen LogP contribution in [-0.2, 0) is 20.7 Å². The quantitative estimate of drug-likeness (QED) is 0.742. The molecular formula is C18H25NO4. The summed E-state index contributed by atoms with van der Waals surface area (Å²) in [4.78, 5) is 25.8. The fourth-order valence-electron chi connectivity index (χ4n) is 3.24. The number of hydrogen-bond acceptors (Lipinski definition) is 4. The number of aliphatic hydroxyl groups is 1. The lowest BCUT2D eigenvalue weighted by molar-refractivity contribution is -0.144. The van der Waals surface area contributed by atoms with Crippen molar-refractivity contribution in [3.05, 3.63) is 35.9 Å². The Kier molecular flexibility index (Phi) is 6.59. The van der Waals surface area contributed by atoms with Crippen molar-refractivity contribution < 1.29 is 19.4 Å². The molecule has 126 valence electrons.